The first kappa shape index (κ1) is 34.2. The van der Waals surface area contributed by atoms with Crippen LogP contribution in [-0.4, -0.2) is 4.57 Å². The molecule has 0 saturated carbocycles. The average molecular weight is 732 g/mol. The average Bonchev–Trinajstić information content (AvgIpc) is 3.58. The number of para-hydroxylation sites is 4. The van der Waals surface area contributed by atoms with Gasteiger partial charge in [0.15, 0.2) is 0 Å². The van der Waals surface area contributed by atoms with Gasteiger partial charge in [-0.25, -0.2) is 0 Å². The molecule has 10 rings (SSSR count). The summed E-state index contributed by atoms with van der Waals surface area (Å²) in [5.74, 6) is 0. The molecule has 3 heteroatoms. The molecule has 0 aliphatic heterocycles. The monoisotopic (exact) mass is 731 g/mol. The summed E-state index contributed by atoms with van der Waals surface area (Å²) in [4.78, 5) is 4.75. The molecule has 0 saturated heterocycles. The number of rotatable bonds is 8. The number of benzene rings is 9. The van der Waals surface area contributed by atoms with Crippen LogP contribution in [0.2, 0.25) is 0 Å². The van der Waals surface area contributed by atoms with Crippen molar-refractivity contribution in [3.05, 3.63) is 223 Å². The maximum atomic E-state index is 2.46. The summed E-state index contributed by atoms with van der Waals surface area (Å²) in [5, 5.41) is 4.83. The van der Waals surface area contributed by atoms with Gasteiger partial charge >= 0.3 is 0 Å². The van der Waals surface area contributed by atoms with E-state index in [-0.39, 0.29) is 0 Å². The van der Waals surface area contributed by atoms with Gasteiger partial charge in [-0.1, -0.05) is 127 Å². The van der Waals surface area contributed by atoms with E-state index in [9.17, 15) is 0 Å². The Balaban J connectivity index is 1.23. The van der Waals surface area contributed by atoms with E-state index in [1.165, 1.54) is 55.0 Å². The van der Waals surface area contributed by atoms with E-state index in [0.29, 0.717) is 0 Å². The van der Waals surface area contributed by atoms with Gasteiger partial charge in [0, 0.05) is 50.6 Å². The van der Waals surface area contributed by atoms with Crippen LogP contribution >= 0.6 is 0 Å². The molecule has 57 heavy (non-hydrogen) atoms. The lowest BCUT2D eigenvalue weighted by molar-refractivity contribution is 1.18. The fraction of sp³-hybridized carbons (Fsp3) is 0.0370. The molecule has 0 spiro atoms. The normalized spacial score (nSPS) is 11.3. The maximum Gasteiger partial charge on any atom is 0.0561 e. The molecule has 10 aromatic rings. The van der Waals surface area contributed by atoms with E-state index in [0.717, 1.165) is 39.6 Å². The van der Waals surface area contributed by atoms with E-state index < -0.39 is 0 Å². The molecule has 0 N–H and O–H groups in total. The van der Waals surface area contributed by atoms with Crippen LogP contribution in [0.25, 0.3) is 49.4 Å². The van der Waals surface area contributed by atoms with E-state index in [1.54, 1.807) is 0 Å². The van der Waals surface area contributed by atoms with Gasteiger partial charge in [-0.3, -0.25) is 0 Å². The van der Waals surface area contributed by atoms with Crippen molar-refractivity contribution in [1.29, 1.82) is 0 Å². The topological polar surface area (TPSA) is 11.4 Å². The summed E-state index contributed by atoms with van der Waals surface area (Å²) < 4.78 is 2.46. The lowest BCUT2D eigenvalue weighted by Crippen LogP contribution is -2.11. The molecule has 272 valence electrons. The highest BCUT2D eigenvalue weighted by Crippen LogP contribution is 2.43. The Labute approximate surface area is 333 Å². The molecule has 1 aromatic heterocycles. The van der Waals surface area contributed by atoms with Gasteiger partial charge in [-0.2, -0.15) is 0 Å². The quantitative estimate of drug-likeness (QED) is 0.154. The van der Waals surface area contributed by atoms with Crippen LogP contribution in [0, 0.1) is 13.8 Å². The van der Waals surface area contributed by atoms with Crippen LogP contribution in [0.4, 0.5) is 34.1 Å². The summed E-state index contributed by atoms with van der Waals surface area (Å²) in [7, 11) is 0. The van der Waals surface area contributed by atoms with Crippen LogP contribution in [0.15, 0.2) is 212 Å². The number of aromatic nitrogens is 1. The third-order valence-electron chi connectivity index (χ3n) is 11.2. The number of nitrogens with zero attached hydrogens (tertiary/aromatic N) is 3. The van der Waals surface area contributed by atoms with Gasteiger partial charge in [0.1, 0.15) is 0 Å². The van der Waals surface area contributed by atoms with E-state index in [1.807, 2.05) is 0 Å². The predicted molar refractivity (Wildman–Crippen MR) is 243 cm³/mol. The number of fused-ring (bicyclic) bond motifs is 4. The molecule has 1 heterocycles. The maximum absolute atomic E-state index is 2.46. The van der Waals surface area contributed by atoms with Crippen LogP contribution in [0.5, 0.6) is 0 Å². The summed E-state index contributed by atoms with van der Waals surface area (Å²) in [5.41, 5.74) is 15.1. The Morgan fingerprint density at radius 3 is 1.49 bits per heavy atom. The third kappa shape index (κ3) is 6.20. The number of anilines is 6. The molecule has 0 radical (unpaired) electrons. The molecule has 3 nitrogen and oxygen atoms in total. The lowest BCUT2D eigenvalue weighted by atomic mass is 10.0. The molecule has 0 amide bonds. The van der Waals surface area contributed by atoms with Crippen molar-refractivity contribution in [2.75, 3.05) is 9.80 Å². The van der Waals surface area contributed by atoms with Crippen molar-refractivity contribution in [2.45, 2.75) is 13.8 Å². The minimum atomic E-state index is 1.11. The van der Waals surface area contributed by atoms with E-state index in [4.69, 9.17) is 0 Å². The third-order valence-corrected chi connectivity index (χ3v) is 11.2. The minimum absolute atomic E-state index is 1.11. The van der Waals surface area contributed by atoms with Crippen molar-refractivity contribution >= 4 is 66.7 Å². The second-order valence-electron chi connectivity index (χ2n) is 14.8. The van der Waals surface area contributed by atoms with Crippen molar-refractivity contribution in [3.63, 3.8) is 0 Å². The summed E-state index contributed by atoms with van der Waals surface area (Å²) in [6, 6.07) is 76.9. The first-order valence-electron chi connectivity index (χ1n) is 19.6. The zero-order chi connectivity index (χ0) is 38.3. The highest BCUT2D eigenvalue weighted by atomic mass is 15.2. The summed E-state index contributed by atoms with van der Waals surface area (Å²) in [6.07, 6.45) is 0. The minimum Gasteiger partial charge on any atom is -0.310 e. The molecule has 9 aromatic carbocycles. The Hall–Kier alpha value is -7.36. The molecule has 0 aliphatic rings. The summed E-state index contributed by atoms with van der Waals surface area (Å²) >= 11 is 0. The van der Waals surface area contributed by atoms with Crippen LogP contribution in [-0.2, 0) is 0 Å². The molecular formula is C54H41N3. The largest absolute Gasteiger partial charge is 0.310 e. The van der Waals surface area contributed by atoms with Gasteiger partial charge in [0.25, 0.3) is 0 Å². The molecule has 0 atom stereocenters. The highest BCUT2D eigenvalue weighted by molar-refractivity contribution is 6.15. The Bertz CT molecular complexity index is 3040. The molecule has 0 aliphatic carbocycles. The van der Waals surface area contributed by atoms with Crippen LogP contribution in [0.1, 0.15) is 11.1 Å². The number of hydrogen-bond donors (Lipinski definition) is 0. The fourth-order valence-corrected chi connectivity index (χ4v) is 8.39. The van der Waals surface area contributed by atoms with Crippen LogP contribution < -0.4 is 9.80 Å². The van der Waals surface area contributed by atoms with Crippen molar-refractivity contribution in [2.24, 2.45) is 0 Å². The smallest absolute Gasteiger partial charge is 0.0561 e. The SMILES string of the molecule is Cc1ccccc1N(c1ccccc1)c1ccc2cc3c4ccc(N(c5ccccc5)c5ccccc5C)cc4n(-c4cccc(-c5ccccc5)c4)c3cc2c1. The van der Waals surface area contributed by atoms with Crippen LogP contribution in [0.3, 0.4) is 0 Å². The standard InChI is InChI=1S/C54H41N3/c1-38-17-12-14-27-51(38)55(44-22-8-4-9-23-44)47-30-29-42-35-50-49-32-31-48(56(45-24-10-5-11-25-45)52-28-15-13-18-39(52)2)37-54(49)57(53(50)36-43(42)34-47)46-26-16-21-41(33-46)40-19-6-3-7-20-40/h3-37H,1-2H3. The second kappa shape index (κ2) is 14.4. The molecular weight excluding hydrogens is 691 g/mol. The van der Waals surface area contributed by atoms with Gasteiger partial charge in [0.2, 0.25) is 0 Å². The van der Waals surface area contributed by atoms with Crippen molar-refractivity contribution < 1.29 is 0 Å². The fourth-order valence-electron chi connectivity index (χ4n) is 8.39. The number of hydrogen-bond acceptors (Lipinski definition) is 2. The summed E-state index contributed by atoms with van der Waals surface area (Å²) in [6.45, 7) is 4.37. The first-order valence-corrected chi connectivity index (χ1v) is 19.6. The number of aryl methyl sites for hydroxylation is 2. The molecule has 0 unspecified atom stereocenters. The zero-order valence-corrected chi connectivity index (χ0v) is 32.0. The molecule has 0 bridgehead atoms. The second-order valence-corrected chi connectivity index (χ2v) is 14.8. The Kier molecular flexibility index (Phi) is 8.61. The molecule has 0 fully saturated rings. The predicted octanol–water partition coefficient (Wildman–Crippen LogP) is 15.2. The van der Waals surface area contributed by atoms with Crippen molar-refractivity contribution in [1.82, 2.24) is 4.57 Å². The van der Waals surface area contributed by atoms with Gasteiger partial charge in [0.05, 0.1) is 11.0 Å². The van der Waals surface area contributed by atoms with Gasteiger partial charge < -0.3 is 14.4 Å². The lowest BCUT2D eigenvalue weighted by Gasteiger charge is -2.27. The van der Waals surface area contributed by atoms with E-state index in [2.05, 4.69) is 241 Å². The highest BCUT2D eigenvalue weighted by Gasteiger charge is 2.20. The Morgan fingerprint density at radius 1 is 0.333 bits per heavy atom. The van der Waals surface area contributed by atoms with Gasteiger partial charge in [-0.15, -0.1) is 0 Å². The van der Waals surface area contributed by atoms with Gasteiger partial charge in [-0.05, 0) is 132 Å². The zero-order valence-electron chi connectivity index (χ0n) is 32.0. The van der Waals surface area contributed by atoms with Crippen molar-refractivity contribution in [3.8, 4) is 16.8 Å². The van der Waals surface area contributed by atoms with E-state index >= 15 is 0 Å². The first-order chi connectivity index (χ1) is 28.1. The Morgan fingerprint density at radius 2 is 0.860 bits per heavy atom.